The van der Waals surface area contributed by atoms with Gasteiger partial charge in [-0.15, -0.1) is 0 Å². The van der Waals surface area contributed by atoms with Crippen LogP contribution >= 0.6 is 15.9 Å². The maximum Gasteiger partial charge on any atom is 0.272 e. The third-order valence-corrected chi connectivity index (χ3v) is 4.02. The van der Waals surface area contributed by atoms with Gasteiger partial charge in [-0.1, -0.05) is 48.3 Å². The fraction of sp³-hybridized carbons (Fsp3) is 0.538. The van der Waals surface area contributed by atoms with Crippen LogP contribution in [0.5, 0.6) is 0 Å². The number of nitrogens with zero attached hydrogens (tertiary/aromatic N) is 1. The second-order valence-electron chi connectivity index (χ2n) is 4.37. The predicted octanol–water partition coefficient (Wildman–Crippen LogP) is 4.26. The first-order valence-electron chi connectivity index (χ1n) is 5.84. The lowest BCUT2D eigenvalue weighted by Crippen LogP contribution is -2.14. The van der Waals surface area contributed by atoms with Gasteiger partial charge in [0, 0.05) is 16.5 Å². The van der Waals surface area contributed by atoms with Crippen molar-refractivity contribution in [3.05, 3.63) is 39.4 Å². The third kappa shape index (κ3) is 3.53. The zero-order valence-electron chi connectivity index (χ0n) is 10.4. The smallest absolute Gasteiger partial charge is 0.258 e. The Morgan fingerprint density at radius 1 is 1.47 bits per heavy atom. The van der Waals surface area contributed by atoms with Crippen molar-refractivity contribution in [2.45, 2.75) is 38.4 Å². The van der Waals surface area contributed by atoms with E-state index in [1.807, 2.05) is 13.0 Å². The molecule has 2 atom stereocenters. The lowest BCUT2D eigenvalue weighted by molar-refractivity contribution is -0.385. The van der Waals surface area contributed by atoms with Crippen molar-refractivity contribution in [1.29, 1.82) is 0 Å². The first-order chi connectivity index (χ1) is 7.97. The molecule has 0 saturated carbocycles. The van der Waals surface area contributed by atoms with Crippen molar-refractivity contribution in [2.75, 3.05) is 0 Å². The summed E-state index contributed by atoms with van der Waals surface area (Å²) in [5.74, 6) is 0.510. The Hall–Kier alpha value is -0.900. The summed E-state index contributed by atoms with van der Waals surface area (Å²) in [7, 11) is 0. The minimum absolute atomic E-state index is 0.222. The molecule has 0 spiro atoms. The Kier molecular flexibility index (Phi) is 5.12. The Balaban J connectivity index is 2.99. The summed E-state index contributed by atoms with van der Waals surface area (Å²) < 4.78 is 0. The molecule has 0 fully saturated rings. The second-order valence-corrected chi connectivity index (χ2v) is 5.81. The number of nitro groups is 1. The van der Waals surface area contributed by atoms with Crippen LogP contribution in [0.2, 0.25) is 0 Å². The Morgan fingerprint density at radius 3 is 2.59 bits per heavy atom. The molecule has 0 heterocycles. The summed E-state index contributed by atoms with van der Waals surface area (Å²) in [6.07, 6.45) is 1.95. The molecule has 94 valence electrons. The number of halogens is 1. The van der Waals surface area contributed by atoms with Crippen molar-refractivity contribution in [2.24, 2.45) is 5.92 Å². The average Bonchev–Trinajstić information content (AvgIpc) is 2.26. The zero-order valence-corrected chi connectivity index (χ0v) is 12.0. The molecule has 0 amide bonds. The van der Waals surface area contributed by atoms with E-state index in [0.29, 0.717) is 10.7 Å². The third-order valence-electron chi connectivity index (χ3n) is 3.27. The molecular weight excluding hydrogens is 282 g/mol. The van der Waals surface area contributed by atoms with E-state index in [9.17, 15) is 10.1 Å². The normalized spacial score (nSPS) is 14.4. The minimum atomic E-state index is -0.308. The average molecular weight is 300 g/mol. The fourth-order valence-electron chi connectivity index (χ4n) is 2.00. The quantitative estimate of drug-likeness (QED) is 0.463. The van der Waals surface area contributed by atoms with Crippen molar-refractivity contribution < 1.29 is 4.92 Å². The summed E-state index contributed by atoms with van der Waals surface area (Å²) in [5, 5.41) is 10.9. The highest BCUT2D eigenvalue weighted by Gasteiger charge is 2.18. The molecule has 3 nitrogen and oxygen atoms in total. The van der Waals surface area contributed by atoms with Crippen LogP contribution in [0.25, 0.3) is 0 Å². The van der Waals surface area contributed by atoms with Crippen LogP contribution < -0.4 is 0 Å². The summed E-state index contributed by atoms with van der Waals surface area (Å²) in [6, 6.07) is 5.32. The largest absolute Gasteiger partial charge is 0.272 e. The highest BCUT2D eigenvalue weighted by atomic mass is 79.9. The summed E-state index contributed by atoms with van der Waals surface area (Å²) in [5.41, 5.74) is 2.10. The molecule has 1 aromatic carbocycles. The minimum Gasteiger partial charge on any atom is -0.258 e. The van der Waals surface area contributed by atoms with Crippen LogP contribution in [0.3, 0.4) is 0 Å². The van der Waals surface area contributed by atoms with Crippen molar-refractivity contribution >= 4 is 21.6 Å². The van der Waals surface area contributed by atoms with Crippen LogP contribution in [-0.2, 0) is 6.42 Å². The number of hydrogen-bond acceptors (Lipinski definition) is 2. The standard InChI is InChI=1S/C13H18BrNO2/c1-4-11(10(3)14)8-12-6-5-7-13(9(12)2)15(16)17/h5-7,10-11H,4,8H2,1-3H3. The van der Waals surface area contributed by atoms with Gasteiger partial charge in [0.2, 0.25) is 0 Å². The van der Waals surface area contributed by atoms with Crippen LogP contribution in [0.15, 0.2) is 18.2 Å². The maximum absolute atomic E-state index is 10.9. The van der Waals surface area contributed by atoms with Gasteiger partial charge in [-0.25, -0.2) is 0 Å². The lowest BCUT2D eigenvalue weighted by Gasteiger charge is -2.18. The van der Waals surface area contributed by atoms with Gasteiger partial charge in [-0.2, -0.15) is 0 Å². The molecule has 0 aliphatic rings. The monoisotopic (exact) mass is 299 g/mol. The van der Waals surface area contributed by atoms with E-state index in [1.54, 1.807) is 12.1 Å². The molecule has 1 rings (SSSR count). The first-order valence-corrected chi connectivity index (χ1v) is 6.75. The Bertz CT molecular complexity index is 404. The number of rotatable bonds is 5. The molecule has 0 radical (unpaired) electrons. The fourth-order valence-corrected chi connectivity index (χ4v) is 2.56. The molecular formula is C13H18BrNO2. The number of alkyl halides is 1. The van der Waals surface area contributed by atoms with E-state index in [4.69, 9.17) is 0 Å². The number of hydrogen-bond donors (Lipinski definition) is 0. The topological polar surface area (TPSA) is 43.1 Å². The Labute approximate surface area is 111 Å². The van der Waals surface area contributed by atoms with Crippen LogP contribution in [-0.4, -0.2) is 9.75 Å². The molecule has 0 aliphatic carbocycles. The van der Waals surface area contributed by atoms with Gasteiger partial charge in [0.05, 0.1) is 4.92 Å². The summed E-state index contributed by atoms with van der Waals surface area (Å²) in [4.78, 5) is 11.0. The van der Waals surface area contributed by atoms with Crippen molar-refractivity contribution in [3.8, 4) is 0 Å². The zero-order chi connectivity index (χ0) is 13.0. The molecule has 0 bridgehead atoms. The highest BCUT2D eigenvalue weighted by Crippen LogP contribution is 2.27. The molecule has 4 heteroatoms. The van der Waals surface area contributed by atoms with Crippen LogP contribution in [0.4, 0.5) is 5.69 Å². The number of nitro benzene ring substituents is 1. The second kappa shape index (κ2) is 6.15. The van der Waals surface area contributed by atoms with Crippen LogP contribution in [0.1, 0.15) is 31.4 Å². The first kappa shape index (κ1) is 14.2. The number of benzene rings is 1. The van der Waals surface area contributed by atoms with E-state index in [2.05, 4.69) is 29.8 Å². The van der Waals surface area contributed by atoms with E-state index in [0.717, 1.165) is 24.0 Å². The van der Waals surface area contributed by atoms with Crippen molar-refractivity contribution in [1.82, 2.24) is 0 Å². The van der Waals surface area contributed by atoms with Crippen molar-refractivity contribution in [3.63, 3.8) is 0 Å². The molecule has 2 unspecified atom stereocenters. The Morgan fingerprint density at radius 2 is 2.12 bits per heavy atom. The van der Waals surface area contributed by atoms with E-state index >= 15 is 0 Å². The van der Waals surface area contributed by atoms with E-state index < -0.39 is 0 Å². The maximum atomic E-state index is 10.9. The molecule has 0 saturated heterocycles. The van der Waals surface area contributed by atoms with Gasteiger partial charge >= 0.3 is 0 Å². The van der Waals surface area contributed by atoms with Gasteiger partial charge in [0.1, 0.15) is 0 Å². The van der Waals surface area contributed by atoms with E-state index in [-0.39, 0.29) is 10.6 Å². The highest BCUT2D eigenvalue weighted by molar-refractivity contribution is 9.09. The lowest BCUT2D eigenvalue weighted by atomic mass is 9.92. The van der Waals surface area contributed by atoms with Gasteiger partial charge in [0.15, 0.2) is 0 Å². The molecule has 0 N–H and O–H groups in total. The molecule has 17 heavy (non-hydrogen) atoms. The van der Waals surface area contributed by atoms with Gasteiger partial charge < -0.3 is 0 Å². The summed E-state index contributed by atoms with van der Waals surface area (Å²) in [6.45, 7) is 6.11. The molecule has 0 aliphatic heterocycles. The molecule has 0 aromatic heterocycles. The van der Waals surface area contributed by atoms with Gasteiger partial charge in [0.25, 0.3) is 5.69 Å². The van der Waals surface area contributed by atoms with Gasteiger partial charge in [-0.3, -0.25) is 10.1 Å². The summed E-state index contributed by atoms with van der Waals surface area (Å²) >= 11 is 3.60. The SMILES string of the molecule is CCC(Cc1cccc([N+](=O)[O-])c1C)C(C)Br. The van der Waals surface area contributed by atoms with Crippen LogP contribution in [0, 0.1) is 23.0 Å². The van der Waals surface area contributed by atoms with E-state index in [1.165, 1.54) is 0 Å². The molecule has 1 aromatic rings. The predicted molar refractivity (Wildman–Crippen MR) is 73.7 cm³/mol. The van der Waals surface area contributed by atoms with Gasteiger partial charge in [-0.05, 0) is 24.8 Å².